The number of nitrogens with zero attached hydrogens (tertiary/aromatic N) is 1. The van der Waals surface area contributed by atoms with Gasteiger partial charge >= 0.3 is 0 Å². The molecule has 184 valence electrons. The number of ether oxygens (including phenoxy) is 2. The van der Waals surface area contributed by atoms with Crippen molar-refractivity contribution in [1.82, 2.24) is 9.97 Å². The summed E-state index contributed by atoms with van der Waals surface area (Å²) in [6, 6.07) is 10.4. The van der Waals surface area contributed by atoms with E-state index in [0.717, 1.165) is 5.56 Å². The molecule has 10 heteroatoms. The SMILES string of the molecule is C=CC(=O)Nc1cccc(C)c1Nc1cc2[nH]c(=O)c(-c3c(Cl)c(OC)cc(OC)c3Cl)cc2cn1. The highest BCUT2D eigenvalue weighted by molar-refractivity contribution is 6.41. The highest BCUT2D eigenvalue weighted by Crippen LogP contribution is 2.45. The van der Waals surface area contributed by atoms with Gasteiger partial charge in [0.05, 0.1) is 46.7 Å². The lowest BCUT2D eigenvalue weighted by Gasteiger charge is -2.16. The third-order valence-electron chi connectivity index (χ3n) is 5.54. The van der Waals surface area contributed by atoms with E-state index in [0.29, 0.717) is 45.2 Å². The number of H-pyrrole nitrogens is 1. The van der Waals surface area contributed by atoms with Gasteiger partial charge in [0.1, 0.15) is 17.3 Å². The number of aromatic nitrogens is 2. The molecule has 0 aliphatic heterocycles. The Morgan fingerprint density at radius 1 is 1.11 bits per heavy atom. The van der Waals surface area contributed by atoms with Gasteiger partial charge in [-0.05, 0) is 30.7 Å². The standard InChI is InChI=1S/C26H22Cl2N4O4/c1-5-21(33)30-16-8-6-7-13(2)25(16)32-20-10-17-14(12-29-20)9-15(26(34)31-17)22-23(27)18(35-3)11-19(36-4)24(22)28/h5-12H,1H2,2-4H3,(H,29,32)(H,30,33)(H,31,34). The first-order valence-corrected chi connectivity index (χ1v) is 11.5. The summed E-state index contributed by atoms with van der Waals surface area (Å²) in [4.78, 5) is 32.3. The first kappa shape index (κ1) is 25.1. The molecule has 0 unspecified atom stereocenters. The van der Waals surface area contributed by atoms with Crippen LogP contribution in [0.1, 0.15) is 5.56 Å². The molecule has 0 bridgehead atoms. The van der Waals surface area contributed by atoms with E-state index in [-0.39, 0.29) is 21.5 Å². The average Bonchev–Trinajstić information content (AvgIpc) is 2.86. The Hall–Kier alpha value is -4.01. The van der Waals surface area contributed by atoms with Crippen LogP contribution in [0.4, 0.5) is 17.2 Å². The number of hydrogen-bond donors (Lipinski definition) is 3. The van der Waals surface area contributed by atoms with E-state index in [9.17, 15) is 9.59 Å². The number of methoxy groups -OCH3 is 2. The second-order valence-corrected chi connectivity index (χ2v) is 8.52. The third-order valence-corrected chi connectivity index (χ3v) is 6.29. The number of anilines is 3. The molecule has 0 fully saturated rings. The van der Waals surface area contributed by atoms with Gasteiger partial charge in [-0.2, -0.15) is 0 Å². The number of para-hydroxylation sites is 1. The van der Waals surface area contributed by atoms with Crippen LogP contribution in [0.3, 0.4) is 0 Å². The zero-order chi connectivity index (χ0) is 26.0. The fraction of sp³-hybridized carbons (Fsp3) is 0.115. The number of carbonyl (C=O) groups excluding carboxylic acids is 1. The van der Waals surface area contributed by atoms with Gasteiger partial charge in [-0.15, -0.1) is 0 Å². The predicted molar refractivity (Wildman–Crippen MR) is 144 cm³/mol. The molecule has 2 aromatic carbocycles. The van der Waals surface area contributed by atoms with Crippen molar-refractivity contribution >= 4 is 57.2 Å². The molecule has 1 amide bonds. The Morgan fingerprint density at radius 3 is 2.44 bits per heavy atom. The first-order valence-electron chi connectivity index (χ1n) is 10.7. The van der Waals surface area contributed by atoms with Gasteiger partial charge in [-0.1, -0.05) is 41.9 Å². The van der Waals surface area contributed by atoms with Gasteiger partial charge in [0.15, 0.2) is 0 Å². The highest BCUT2D eigenvalue weighted by atomic mass is 35.5. The van der Waals surface area contributed by atoms with Crippen LogP contribution in [0.5, 0.6) is 11.5 Å². The van der Waals surface area contributed by atoms with E-state index in [1.54, 1.807) is 30.5 Å². The second-order valence-electron chi connectivity index (χ2n) is 7.77. The van der Waals surface area contributed by atoms with Crippen LogP contribution < -0.4 is 25.7 Å². The molecule has 0 spiro atoms. The molecule has 0 aliphatic rings. The predicted octanol–water partition coefficient (Wildman–Crippen LogP) is 6.09. The summed E-state index contributed by atoms with van der Waals surface area (Å²) in [5, 5.41) is 7.01. The fourth-order valence-corrected chi connectivity index (χ4v) is 4.43. The molecule has 0 aliphatic carbocycles. The molecular formula is C26H22Cl2N4O4. The Bertz CT molecular complexity index is 1540. The van der Waals surface area contributed by atoms with Gasteiger partial charge in [0.25, 0.3) is 5.56 Å². The number of nitrogens with one attached hydrogen (secondary N) is 3. The molecule has 0 atom stereocenters. The van der Waals surface area contributed by atoms with Gasteiger partial charge in [-0.25, -0.2) is 4.98 Å². The fourth-order valence-electron chi connectivity index (χ4n) is 3.73. The van der Waals surface area contributed by atoms with E-state index in [1.807, 2.05) is 19.1 Å². The minimum Gasteiger partial charge on any atom is -0.495 e. The number of carbonyl (C=O) groups is 1. The number of fused-ring (bicyclic) bond motifs is 1. The van der Waals surface area contributed by atoms with Crippen molar-refractivity contribution < 1.29 is 14.3 Å². The maximum Gasteiger partial charge on any atom is 0.256 e. The zero-order valence-electron chi connectivity index (χ0n) is 19.7. The molecule has 2 aromatic heterocycles. The summed E-state index contributed by atoms with van der Waals surface area (Å²) in [5.41, 5.74) is 2.79. The van der Waals surface area contributed by atoms with Crippen molar-refractivity contribution in [2.24, 2.45) is 0 Å². The molecule has 2 heterocycles. The van der Waals surface area contributed by atoms with E-state index < -0.39 is 5.56 Å². The number of benzene rings is 2. The van der Waals surface area contributed by atoms with E-state index in [1.165, 1.54) is 20.3 Å². The molecule has 0 radical (unpaired) electrons. The van der Waals surface area contributed by atoms with Crippen LogP contribution >= 0.6 is 23.2 Å². The molecule has 8 nitrogen and oxygen atoms in total. The van der Waals surface area contributed by atoms with Crippen LogP contribution in [0.25, 0.3) is 22.0 Å². The van der Waals surface area contributed by atoms with Gasteiger partial charge in [0.2, 0.25) is 5.91 Å². The van der Waals surface area contributed by atoms with E-state index in [4.69, 9.17) is 32.7 Å². The zero-order valence-corrected chi connectivity index (χ0v) is 21.2. The van der Waals surface area contributed by atoms with E-state index >= 15 is 0 Å². The number of pyridine rings is 2. The summed E-state index contributed by atoms with van der Waals surface area (Å²) < 4.78 is 10.6. The first-order chi connectivity index (χ1) is 17.3. The average molecular weight is 525 g/mol. The third kappa shape index (κ3) is 4.73. The number of aryl methyl sites for hydroxylation is 1. The Balaban J connectivity index is 1.78. The lowest BCUT2D eigenvalue weighted by atomic mass is 10.0. The maximum absolute atomic E-state index is 13.1. The van der Waals surface area contributed by atoms with E-state index in [2.05, 4.69) is 27.2 Å². The minimum atomic E-state index is -0.409. The number of rotatable bonds is 7. The van der Waals surface area contributed by atoms with Crippen molar-refractivity contribution in [1.29, 1.82) is 0 Å². The molecule has 4 rings (SSSR count). The van der Waals surface area contributed by atoms with Gasteiger partial charge in [0, 0.05) is 29.3 Å². The summed E-state index contributed by atoms with van der Waals surface area (Å²) in [5.74, 6) is 0.775. The summed E-state index contributed by atoms with van der Waals surface area (Å²) in [6.45, 7) is 5.39. The molecule has 0 saturated heterocycles. The van der Waals surface area contributed by atoms with Crippen LogP contribution in [-0.2, 0) is 4.79 Å². The largest absolute Gasteiger partial charge is 0.495 e. The van der Waals surface area contributed by atoms with Crippen LogP contribution in [0.2, 0.25) is 10.0 Å². The molecule has 0 saturated carbocycles. The Kier molecular flexibility index (Phi) is 7.19. The topological polar surface area (TPSA) is 105 Å². The van der Waals surface area contributed by atoms with Crippen molar-refractivity contribution in [3.63, 3.8) is 0 Å². The number of amides is 1. The lowest BCUT2D eigenvalue weighted by Crippen LogP contribution is -2.11. The number of hydrogen-bond acceptors (Lipinski definition) is 6. The normalized spacial score (nSPS) is 10.7. The van der Waals surface area contributed by atoms with Crippen LogP contribution in [-0.4, -0.2) is 30.1 Å². The van der Waals surface area contributed by atoms with Crippen LogP contribution in [0, 0.1) is 6.92 Å². The highest BCUT2D eigenvalue weighted by Gasteiger charge is 2.21. The van der Waals surface area contributed by atoms with Crippen molar-refractivity contribution in [2.45, 2.75) is 6.92 Å². The number of aromatic amines is 1. The van der Waals surface area contributed by atoms with Gasteiger partial charge in [-0.3, -0.25) is 9.59 Å². The van der Waals surface area contributed by atoms with Gasteiger partial charge < -0.3 is 25.1 Å². The van der Waals surface area contributed by atoms with Crippen molar-refractivity contribution in [2.75, 3.05) is 24.9 Å². The van der Waals surface area contributed by atoms with Crippen LogP contribution in [0.15, 0.2) is 60.0 Å². The Labute approximate surface area is 216 Å². The second kappa shape index (κ2) is 10.3. The minimum absolute atomic E-state index is 0.188. The Morgan fingerprint density at radius 2 is 1.81 bits per heavy atom. The maximum atomic E-state index is 13.1. The summed E-state index contributed by atoms with van der Waals surface area (Å²) >= 11 is 13.0. The molecule has 36 heavy (non-hydrogen) atoms. The monoisotopic (exact) mass is 524 g/mol. The summed E-state index contributed by atoms with van der Waals surface area (Å²) in [6.07, 6.45) is 2.80. The lowest BCUT2D eigenvalue weighted by molar-refractivity contribution is -0.111. The number of halogens is 2. The summed E-state index contributed by atoms with van der Waals surface area (Å²) in [7, 11) is 2.92. The van der Waals surface area contributed by atoms with Crippen molar-refractivity contribution in [3.05, 3.63) is 81.2 Å². The molecule has 4 aromatic rings. The quantitative estimate of drug-likeness (QED) is 0.252. The van der Waals surface area contributed by atoms with Crippen molar-refractivity contribution in [3.8, 4) is 22.6 Å². The molecular weight excluding hydrogens is 503 g/mol. The smallest absolute Gasteiger partial charge is 0.256 e. The molecule has 3 N–H and O–H groups in total.